The number of carbonyl (C=O) groups is 4. The molecule has 0 atom stereocenters. The summed E-state index contributed by atoms with van der Waals surface area (Å²) in [6, 6.07) is 31.0. The second-order valence-electron chi connectivity index (χ2n) is 20.1. The predicted molar refractivity (Wildman–Crippen MR) is 306 cm³/mol. The number of amides is 2. The van der Waals surface area contributed by atoms with Crippen LogP contribution in [0, 0.1) is 12.8 Å². The summed E-state index contributed by atoms with van der Waals surface area (Å²) in [4.78, 5) is 55.7. The van der Waals surface area contributed by atoms with Gasteiger partial charge in [0.2, 0.25) is 5.13 Å². The molecule has 0 N–H and O–H groups in total. The molecule has 13 nitrogen and oxygen atoms in total. The van der Waals surface area contributed by atoms with Crippen LogP contribution < -0.4 is 19.2 Å². The van der Waals surface area contributed by atoms with Gasteiger partial charge < -0.3 is 23.7 Å². The van der Waals surface area contributed by atoms with Gasteiger partial charge in [-0.15, -0.1) is 0 Å². The average molecular weight is 1060 g/mol. The molecule has 2 aliphatic rings. The van der Waals surface area contributed by atoms with E-state index in [2.05, 4.69) is 69.0 Å². The zero-order valence-electron chi connectivity index (χ0n) is 45.1. The highest BCUT2D eigenvalue weighted by Crippen LogP contribution is 2.36. The Bertz CT molecular complexity index is 3050. The van der Waals surface area contributed by atoms with E-state index in [0.717, 1.165) is 117 Å². The average Bonchev–Trinajstić information content (AvgIpc) is 4.02. The molecular formula is C63H72N4O9S. The van der Waals surface area contributed by atoms with E-state index in [9.17, 15) is 19.2 Å². The van der Waals surface area contributed by atoms with Crippen molar-refractivity contribution >= 4 is 67.4 Å². The normalized spacial score (nSPS) is 15.5. The summed E-state index contributed by atoms with van der Waals surface area (Å²) in [7, 11) is 0. The SMILES string of the molecule is C=C(C)C(=O)OCCOC1CCC(COc2ccc3cc(-c4cc(/C=N/N(CCCCCC)c5nc6ccccc6s5)c(OC(=O)CCc5ccc(OCCCN6C(=O)C=CC6=O)c(C)c5)c(CCC)c4)ccc3c2)CC1. The fourth-order valence-corrected chi connectivity index (χ4v) is 10.6. The smallest absolute Gasteiger partial charge is 0.333 e. The van der Waals surface area contributed by atoms with Crippen LogP contribution in [0.4, 0.5) is 5.13 Å². The van der Waals surface area contributed by atoms with Crippen molar-refractivity contribution in [2.24, 2.45) is 11.0 Å². The molecule has 2 heterocycles. The van der Waals surface area contributed by atoms with Crippen LogP contribution in [-0.2, 0) is 41.5 Å². The number of hydrazone groups is 1. The van der Waals surface area contributed by atoms with Crippen LogP contribution in [0.15, 0.2) is 120 Å². The zero-order valence-corrected chi connectivity index (χ0v) is 45.9. The lowest BCUT2D eigenvalue weighted by Crippen LogP contribution is -2.31. The van der Waals surface area contributed by atoms with Gasteiger partial charge in [0.15, 0.2) is 0 Å². The number of esters is 2. The van der Waals surface area contributed by atoms with Gasteiger partial charge >= 0.3 is 11.9 Å². The molecule has 1 aromatic heterocycles. The van der Waals surface area contributed by atoms with Crippen LogP contribution in [0.2, 0.25) is 0 Å². The number of benzene rings is 5. The van der Waals surface area contributed by atoms with Crippen molar-refractivity contribution in [3.8, 4) is 28.4 Å². The van der Waals surface area contributed by atoms with Crippen LogP contribution in [0.1, 0.15) is 114 Å². The first-order valence-electron chi connectivity index (χ1n) is 27.4. The number of aromatic nitrogens is 1. The number of hydrogen-bond acceptors (Lipinski definition) is 13. The van der Waals surface area contributed by atoms with Gasteiger partial charge in [-0.05, 0) is 158 Å². The first kappa shape index (κ1) is 56.1. The number of carbonyl (C=O) groups excluding carboxylic acids is 4. The van der Waals surface area contributed by atoms with Crippen LogP contribution in [0.3, 0.4) is 0 Å². The molecule has 77 heavy (non-hydrogen) atoms. The first-order valence-corrected chi connectivity index (χ1v) is 28.2. The third-order valence-electron chi connectivity index (χ3n) is 14.0. The van der Waals surface area contributed by atoms with Gasteiger partial charge in [-0.3, -0.25) is 19.3 Å². The summed E-state index contributed by atoms with van der Waals surface area (Å²) in [6.45, 7) is 14.2. The molecule has 1 aliphatic heterocycles. The van der Waals surface area contributed by atoms with Crippen LogP contribution >= 0.6 is 11.3 Å². The molecule has 1 saturated carbocycles. The molecule has 0 radical (unpaired) electrons. The van der Waals surface area contributed by atoms with Gasteiger partial charge in [-0.1, -0.05) is 99.9 Å². The Morgan fingerprint density at radius 1 is 0.818 bits per heavy atom. The highest BCUT2D eigenvalue weighted by atomic mass is 32.1. The fraction of sp³-hybridized carbons (Fsp3) is 0.397. The first-order chi connectivity index (χ1) is 37.4. The zero-order chi connectivity index (χ0) is 54.1. The number of unbranched alkanes of at least 4 members (excludes halogenated alkanes) is 3. The summed E-state index contributed by atoms with van der Waals surface area (Å²) < 4.78 is 31.1. The highest BCUT2D eigenvalue weighted by molar-refractivity contribution is 7.22. The van der Waals surface area contributed by atoms with Gasteiger partial charge in [-0.2, -0.15) is 5.10 Å². The Morgan fingerprint density at radius 2 is 1.61 bits per heavy atom. The molecule has 1 fully saturated rings. The standard InChI is InChI=1S/C63H72N4O9S/c1-6-8-9-12-32-67(63-65-55-15-10-11-16-57(55)77-63)64-41-52-39-51(48-21-22-49-40-54(26-23-47(49)37-48)75-42-46-17-24-53(25-18-46)72-34-35-74-62(71)43(3)4)38-50(14-7-2)61(52)76-60(70)30-20-45-19-27-56(44(5)36-45)73-33-13-31-66-58(68)28-29-59(66)69/h10-11,15-16,19,21-23,26-29,36-41,46,53H,3,6-9,12-14,17-18,20,24-25,30-35,42H2,1-2,4-5H3/b64-41+. The van der Waals surface area contributed by atoms with Gasteiger partial charge in [0.1, 0.15) is 23.9 Å². The minimum atomic E-state index is -0.386. The second-order valence-corrected chi connectivity index (χ2v) is 21.1. The lowest BCUT2D eigenvalue weighted by Gasteiger charge is -2.28. The van der Waals surface area contributed by atoms with Crippen molar-refractivity contribution < 1.29 is 42.9 Å². The minimum absolute atomic E-state index is 0.162. The van der Waals surface area contributed by atoms with Crippen molar-refractivity contribution in [3.63, 3.8) is 0 Å². The van der Waals surface area contributed by atoms with Crippen LogP contribution in [0.25, 0.3) is 32.1 Å². The maximum atomic E-state index is 14.0. The van der Waals surface area contributed by atoms with E-state index in [1.54, 1.807) is 18.3 Å². The Hall–Kier alpha value is -7.16. The Kier molecular flexibility index (Phi) is 20.2. The van der Waals surface area contributed by atoms with Crippen molar-refractivity contribution in [1.82, 2.24) is 9.88 Å². The number of aryl methyl sites for hydroxylation is 3. The number of thiazole rings is 1. The largest absolute Gasteiger partial charge is 0.493 e. The van der Waals surface area contributed by atoms with Crippen molar-refractivity contribution in [2.45, 2.75) is 117 Å². The van der Waals surface area contributed by atoms with Gasteiger partial charge in [-0.25, -0.2) is 14.8 Å². The molecule has 5 aromatic carbocycles. The van der Waals surface area contributed by atoms with E-state index in [4.69, 9.17) is 33.8 Å². The molecule has 0 saturated heterocycles. The highest BCUT2D eigenvalue weighted by Gasteiger charge is 2.24. The topological polar surface area (TPSA) is 146 Å². The fourth-order valence-electron chi connectivity index (χ4n) is 9.69. The predicted octanol–water partition coefficient (Wildman–Crippen LogP) is 13.1. The van der Waals surface area contributed by atoms with Crippen molar-refractivity contribution in [2.75, 3.05) is 44.5 Å². The summed E-state index contributed by atoms with van der Waals surface area (Å²) in [5.41, 5.74) is 6.88. The second kappa shape index (κ2) is 27.8. The number of nitrogens with zero attached hydrogens (tertiary/aromatic N) is 4. The monoisotopic (exact) mass is 1060 g/mol. The Labute approximate surface area is 456 Å². The van der Waals surface area contributed by atoms with Gasteiger partial charge in [0.25, 0.3) is 11.8 Å². The molecule has 0 unspecified atom stereocenters. The molecule has 404 valence electrons. The van der Waals surface area contributed by atoms with Gasteiger partial charge in [0.05, 0.1) is 42.4 Å². The third-order valence-corrected chi connectivity index (χ3v) is 15.0. The Balaban J connectivity index is 0.976. The van der Waals surface area contributed by atoms with Crippen molar-refractivity contribution in [3.05, 3.63) is 138 Å². The number of anilines is 1. The van der Waals surface area contributed by atoms with E-state index in [0.29, 0.717) is 80.7 Å². The number of imide groups is 1. The molecule has 2 amide bonds. The van der Waals surface area contributed by atoms with Crippen molar-refractivity contribution in [1.29, 1.82) is 0 Å². The van der Waals surface area contributed by atoms with E-state index in [1.165, 1.54) is 17.1 Å². The quantitative estimate of drug-likeness (QED) is 0.00880. The molecule has 6 aromatic rings. The number of para-hydroxylation sites is 1. The maximum absolute atomic E-state index is 14.0. The summed E-state index contributed by atoms with van der Waals surface area (Å²) in [6.07, 6.45) is 15.5. The molecular weight excluding hydrogens is 989 g/mol. The van der Waals surface area contributed by atoms with Crippen LogP contribution in [0.5, 0.6) is 17.2 Å². The lowest BCUT2D eigenvalue weighted by molar-refractivity contribution is -0.141. The Morgan fingerprint density at radius 3 is 2.38 bits per heavy atom. The summed E-state index contributed by atoms with van der Waals surface area (Å²) in [5.74, 6) is 1.18. The lowest BCUT2D eigenvalue weighted by atomic mass is 9.88. The maximum Gasteiger partial charge on any atom is 0.333 e. The van der Waals surface area contributed by atoms with E-state index >= 15 is 0 Å². The number of rotatable bonds is 28. The number of ether oxygens (including phenoxy) is 5. The number of fused-ring (bicyclic) bond motifs is 2. The van der Waals surface area contributed by atoms with Gasteiger partial charge in [0, 0.05) is 42.8 Å². The summed E-state index contributed by atoms with van der Waals surface area (Å²) in [5, 5.41) is 10.1. The molecule has 1 aliphatic carbocycles. The molecule has 14 heteroatoms. The molecule has 8 rings (SSSR count). The van der Waals surface area contributed by atoms with E-state index in [-0.39, 0.29) is 42.9 Å². The molecule has 0 spiro atoms. The summed E-state index contributed by atoms with van der Waals surface area (Å²) >= 11 is 1.62. The molecule has 0 bridgehead atoms. The van der Waals surface area contributed by atoms with Crippen LogP contribution in [-0.4, -0.2) is 85.5 Å². The number of hydrogen-bond donors (Lipinski definition) is 0. The third kappa shape index (κ3) is 15.7. The van der Waals surface area contributed by atoms with E-state index in [1.807, 2.05) is 60.6 Å². The minimum Gasteiger partial charge on any atom is -0.493 e. The van der Waals surface area contributed by atoms with E-state index < -0.39 is 0 Å².